The summed E-state index contributed by atoms with van der Waals surface area (Å²) in [7, 11) is 2.11. The summed E-state index contributed by atoms with van der Waals surface area (Å²) >= 11 is 0. The first-order valence-electron chi connectivity index (χ1n) is 9.94. The number of rotatable bonds is 5. The predicted octanol–water partition coefficient (Wildman–Crippen LogP) is 1.61. The minimum Gasteiger partial charge on any atom is -0.380 e. The number of hydrogen-bond acceptors (Lipinski definition) is 4. The Morgan fingerprint density at radius 3 is 2.74 bits per heavy atom. The van der Waals surface area contributed by atoms with E-state index in [4.69, 9.17) is 4.74 Å². The Morgan fingerprint density at radius 1 is 1.19 bits per heavy atom. The summed E-state index contributed by atoms with van der Waals surface area (Å²) in [5, 5.41) is 3.10. The Balaban J connectivity index is 1.34. The fourth-order valence-corrected chi connectivity index (χ4v) is 3.56. The molecule has 6 nitrogen and oxygen atoms in total. The molecule has 0 bridgehead atoms. The Bertz CT molecular complexity index is 599. The van der Waals surface area contributed by atoms with Gasteiger partial charge in [0.15, 0.2) is 0 Å². The standard InChI is InChI=1S/C21H32N4O2/c1-23-14-15-27-18-20(17-23)16-22-21(26)25-12-10-24(11-13-25)9-5-8-19-6-3-2-4-7-19/h2-8,20H,9-18H2,1H3,(H,22,26)/b8-5+/t20-/m1/s1. The van der Waals surface area contributed by atoms with Crippen LogP contribution in [-0.4, -0.2) is 93.4 Å². The molecule has 27 heavy (non-hydrogen) atoms. The number of nitrogens with zero attached hydrogens (tertiary/aromatic N) is 3. The number of urea groups is 1. The molecule has 2 aliphatic rings. The second kappa shape index (κ2) is 10.4. The number of piperazine rings is 1. The van der Waals surface area contributed by atoms with Crippen LogP contribution < -0.4 is 5.32 Å². The number of amides is 2. The molecule has 6 heteroatoms. The van der Waals surface area contributed by atoms with E-state index in [9.17, 15) is 4.79 Å². The molecular weight excluding hydrogens is 340 g/mol. The molecule has 148 valence electrons. The van der Waals surface area contributed by atoms with Crippen LogP contribution in [0.25, 0.3) is 6.08 Å². The largest absolute Gasteiger partial charge is 0.380 e. The van der Waals surface area contributed by atoms with Crippen LogP contribution in [0.15, 0.2) is 36.4 Å². The second-order valence-corrected chi connectivity index (χ2v) is 7.49. The summed E-state index contributed by atoms with van der Waals surface area (Å²) in [5.74, 6) is 0.367. The van der Waals surface area contributed by atoms with E-state index in [0.29, 0.717) is 12.5 Å². The molecule has 2 saturated heterocycles. The normalized spacial score (nSPS) is 22.7. The fourth-order valence-electron chi connectivity index (χ4n) is 3.56. The number of likely N-dealkylation sites (N-methyl/N-ethyl adjacent to an activating group) is 1. The average molecular weight is 373 g/mol. The highest BCUT2D eigenvalue weighted by atomic mass is 16.5. The van der Waals surface area contributed by atoms with Crippen molar-refractivity contribution in [2.24, 2.45) is 5.92 Å². The molecule has 2 amide bonds. The van der Waals surface area contributed by atoms with Crippen molar-refractivity contribution in [3.05, 3.63) is 42.0 Å². The van der Waals surface area contributed by atoms with Gasteiger partial charge in [-0.15, -0.1) is 0 Å². The van der Waals surface area contributed by atoms with E-state index < -0.39 is 0 Å². The number of benzene rings is 1. The van der Waals surface area contributed by atoms with Crippen molar-refractivity contribution >= 4 is 12.1 Å². The van der Waals surface area contributed by atoms with Crippen molar-refractivity contribution in [2.75, 3.05) is 72.6 Å². The predicted molar refractivity (Wildman–Crippen MR) is 109 cm³/mol. The van der Waals surface area contributed by atoms with Gasteiger partial charge in [-0.3, -0.25) is 4.90 Å². The van der Waals surface area contributed by atoms with Crippen LogP contribution >= 0.6 is 0 Å². The van der Waals surface area contributed by atoms with Crippen molar-refractivity contribution in [2.45, 2.75) is 0 Å². The topological polar surface area (TPSA) is 48.1 Å². The molecule has 2 fully saturated rings. The number of carbonyl (C=O) groups excluding carboxylic acids is 1. The Hall–Kier alpha value is -1.89. The van der Waals surface area contributed by atoms with Gasteiger partial charge in [0.05, 0.1) is 13.2 Å². The summed E-state index contributed by atoms with van der Waals surface area (Å²) in [4.78, 5) is 19.0. The smallest absolute Gasteiger partial charge is 0.317 e. The third-order valence-corrected chi connectivity index (χ3v) is 5.22. The van der Waals surface area contributed by atoms with Gasteiger partial charge in [0.2, 0.25) is 0 Å². The second-order valence-electron chi connectivity index (χ2n) is 7.49. The van der Waals surface area contributed by atoms with E-state index in [1.807, 2.05) is 11.0 Å². The van der Waals surface area contributed by atoms with Gasteiger partial charge in [-0.05, 0) is 12.6 Å². The molecule has 1 N–H and O–H groups in total. The van der Waals surface area contributed by atoms with Crippen LogP contribution in [0.2, 0.25) is 0 Å². The first kappa shape index (κ1) is 19.9. The van der Waals surface area contributed by atoms with E-state index in [-0.39, 0.29) is 6.03 Å². The number of nitrogens with one attached hydrogen (secondary N) is 1. The lowest BCUT2D eigenvalue weighted by Crippen LogP contribution is -2.52. The van der Waals surface area contributed by atoms with Crippen molar-refractivity contribution in [1.29, 1.82) is 0 Å². The molecule has 1 aromatic carbocycles. The molecule has 0 unspecified atom stereocenters. The van der Waals surface area contributed by atoms with Crippen LogP contribution in [0, 0.1) is 5.92 Å². The van der Waals surface area contributed by atoms with Crippen molar-refractivity contribution in [1.82, 2.24) is 20.0 Å². The lowest BCUT2D eigenvalue weighted by molar-refractivity contribution is 0.119. The molecule has 2 heterocycles. The van der Waals surface area contributed by atoms with Gasteiger partial charge >= 0.3 is 6.03 Å². The van der Waals surface area contributed by atoms with Gasteiger partial charge in [-0.25, -0.2) is 4.79 Å². The summed E-state index contributed by atoms with van der Waals surface area (Å²) in [5.41, 5.74) is 1.23. The molecule has 1 aromatic rings. The molecule has 0 spiro atoms. The summed E-state index contributed by atoms with van der Waals surface area (Å²) < 4.78 is 5.62. The minimum absolute atomic E-state index is 0.0568. The number of carbonyl (C=O) groups is 1. The lowest BCUT2D eigenvalue weighted by atomic mass is 10.1. The van der Waals surface area contributed by atoms with Crippen LogP contribution in [0.4, 0.5) is 4.79 Å². The van der Waals surface area contributed by atoms with Crippen LogP contribution in [-0.2, 0) is 4.74 Å². The van der Waals surface area contributed by atoms with E-state index in [2.05, 4.69) is 58.6 Å². The molecule has 1 atom stereocenters. The maximum absolute atomic E-state index is 12.4. The highest BCUT2D eigenvalue weighted by Gasteiger charge is 2.22. The molecule has 3 rings (SSSR count). The zero-order valence-electron chi connectivity index (χ0n) is 16.3. The van der Waals surface area contributed by atoms with Gasteiger partial charge in [-0.2, -0.15) is 0 Å². The highest BCUT2D eigenvalue weighted by Crippen LogP contribution is 2.07. The van der Waals surface area contributed by atoms with Crippen LogP contribution in [0.3, 0.4) is 0 Å². The van der Waals surface area contributed by atoms with Crippen molar-refractivity contribution < 1.29 is 9.53 Å². The van der Waals surface area contributed by atoms with E-state index in [0.717, 1.165) is 59.0 Å². The van der Waals surface area contributed by atoms with E-state index in [1.165, 1.54) is 5.56 Å². The highest BCUT2D eigenvalue weighted by molar-refractivity contribution is 5.74. The summed E-state index contributed by atoms with van der Waals surface area (Å²) in [6.07, 6.45) is 4.36. The van der Waals surface area contributed by atoms with Crippen molar-refractivity contribution in [3.63, 3.8) is 0 Å². The Kier molecular flexibility index (Phi) is 7.68. The first-order chi connectivity index (χ1) is 13.2. The van der Waals surface area contributed by atoms with E-state index >= 15 is 0 Å². The molecule has 0 aliphatic carbocycles. The third-order valence-electron chi connectivity index (χ3n) is 5.22. The van der Waals surface area contributed by atoms with Gasteiger partial charge < -0.3 is 19.9 Å². The molecule has 0 radical (unpaired) electrons. The Labute approximate surface area is 162 Å². The first-order valence-corrected chi connectivity index (χ1v) is 9.94. The fraction of sp³-hybridized carbons (Fsp3) is 0.571. The SMILES string of the molecule is CN1CCOC[C@H](CNC(=O)N2CCN(C/C=C/c3ccccc3)CC2)C1. The Morgan fingerprint density at radius 2 is 1.96 bits per heavy atom. The van der Waals surface area contributed by atoms with Gasteiger partial charge in [-0.1, -0.05) is 42.5 Å². The maximum atomic E-state index is 12.4. The minimum atomic E-state index is 0.0568. The molecular formula is C21H32N4O2. The quantitative estimate of drug-likeness (QED) is 0.853. The average Bonchev–Trinajstić information content (AvgIpc) is 2.91. The third kappa shape index (κ3) is 6.65. The molecule has 0 aromatic heterocycles. The lowest BCUT2D eigenvalue weighted by Gasteiger charge is -2.34. The maximum Gasteiger partial charge on any atom is 0.317 e. The van der Waals surface area contributed by atoms with Gasteiger partial charge in [0, 0.05) is 58.3 Å². The van der Waals surface area contributed by atoms with Crippen molar-refractivity contribution in [3.8, 4) is 0 Å². The zero-order chi connectivity index (χ0) is 18.9. The summed E-state index contributed by atoms with van der Waals surface area (Å²) in [6.45, 7) is 8.46. The van der Waals surface area contributed by atoms with Crippen LogP contribution in [0.1, 0.15) is 5.56 Å². The zero-order valence-corrected chi connectivity index (χ0v) is 16.3. The number of ether oxygens (including phenoxy) is 1. The molecule has 0 saturated carbocycles. The van der Waals surface area contributed by atoms with E-state index in [1.54, 1.807) is 0 Å². The molecule has 2 aliphatic heterocycles. The number of hydrogen-bond donors (Lipinski definition) is 1. The summed E-state index contributed by atoms with van der Waals surface area (Å²) in [6, 6.07) is 10.4. The van der Waals surface area contributed by atoms with Crippen LogP contribution in [0.5, 0.6) is 0 Å². The monoisotopic (exact) mass is 372 g/mol. The van der Waals surface area contributed by atoms with Gasteiger partial charge in [0.25, 0.3) is 0 Å². The van der Waals surface area contributed by atoms with Gasteiger partial charge in [0.1, 0.15) is 0 Å².